The number of aryl methyl sites for hydroxylation is 1. The highest BCUT2D eigenvalue weighted by Gasteiger charge is 2.26. The van der Waals surface area contributed by atoms with Crippen molar-refractivity contribution >= 4 is 40.0 Å². The summed E-state index contributed by atoms with van der Waals surface area (Å²) in [5.41, 5.74) is 2.81. The number of benzene rings is 1. The van der Waals surface area contributed by atoms with E-state index in [0.29, 0.717) is 27.5 Å². The first kappa shape index (κ1) is 27.2. The molecule has 1 aliphatic carbocycles. The van der Waals surface area contributed by atoms with Gasteiger partial charge in [-0.1, -0.05) is 50.6 Å². The maximum atomic E-state index is 12.8. The van der Waals surface area contributed by atoms with Gasteiger partial charge in [-0.2, -0.15) is 0 Å². The molecule has 1 aromatic carbocycles. The van der Waals surface area contributed by atoms with Crippen LogP contribution in [0.3, 0.4) is 0 Å². The van der Waals surface area contributed by atoms with Gasteiger partial charge in [-0.25, -0.2) is 4.79 Å². The fraction of sp³-hybridized carbons (Fsp3) is 0.481. The second-order valence-corrected chi connectivity index (χ2v) is 11.5. The minimum atomic E-state index is -0.391. The van der Waals surface area contributed by atoms with Gasteiger partial charge in [0.05, 0.1) is 18.4 Å². The highest BCUT2D eigenvalue weighted by Crippen LogP contribution is 2.37. The lowest BCUT2D eigenvalue weighted by molar-refractivity contribution is -0.113. The Kier molecular flexibility index (Phi) is 9.26. The first-order valence-electron chi connectivity index (χ1n) is 12.6. The van der Waals surface area contributed by atoms with Gasteiger partial charge in [0, 0.05) is 11.9 Å². The van der Waals surface area contributed by atoms with E-state index in [9.17, 15) is 9.59 Å². The Balaban J connectivity index is 1.36. The van der Waals surface area contributed by atoms with Gasteiger partial charge < -0.3 is 19.4 Å². The number of nitrogens with one attached hydrogen (secondary N) is 1. The minimum absolute atomic E-state index is 0.146. The first-order valence-corrected chi connectivity index (χ1v) is 14.4. The van der Waals surface area contributed by atoms with Crippen molar-refractivity contribution in [3.05, 3.63) is 51.7 Å². The molecule has 0 aliphatic heterocycles. The second kappa shape index (κ2) is 12.6. The topological polar surface area (TPSA) is 95.3 Å². The number of hydrogen-bond donors (Lipinski definition) is 1. The van der Waals surface area contributed by atoms with E-state index in [1.54, 1.807) is 0 Å². The Labute approximate surface area is 226 Å². The van der Waals surface area contributed by atoms with Crippen LogP contribution in [0.4, 0.5) is 5.00 Å². The van der Waals surface area contributed by atoms with E-state index in [4.69, 9.17) is 9.47 Å². The van der Waals surface area contributed by atoms with E-state index >= 15 is 0 Å². The van der Waals surface area contributed by atoms with Crippen molar-refractivity contribution in [2.24, 2.45) is 7.05 Å². The average molecular weight is 543 g/mol. The number of carbonyl (C=O) groups excluding carboxylic acids is 2. The normalized spacial score (nSPS) is 13.5. The van der Waals surface area contributed by atoms with Crippen molar-refractivity contribution in [3.63, 3.8) is 0 Å². The fourth-order valence-corrected chi connectivity index (χ4v) is 6.34. The van der Waals surface area contributed by atoms with Crippen LogP contribution in [0.25, 0.3) is 0 Å². The summed E-state index contributed by atoms with van der Waals surface area (Å²) in [5, 5.41) is 12.6. The van der Waals surface area contributed by atoms with Crippen LogP contribution in [0.2, 0.25) is 0 Å². The average Bonchev–Trinajstić information content (AvgIpc) is 3.39. The number of anilines is 1. The Morgan fingerprint density at radius 2 is 1.84 bits per heavy atom. The molecule has 1 amide bonds. The van der Waals surface area contributed by atoms with Crippen molar-refractivity contribution in [1.82, 2.24) is 14.8 Å². The summed E-state index contributed by atoms with van der Waals surface area (Å²) < 4.78 is 12.8. The van der Waals surface area contributed by atoms with Crippen LogP contribution in [0.15, 0.2) is 29.4 Å². The molecular weight excluding hydrogens is 508 g/mol. The van der Waals surface area contributed by atoms with Gasteiger partial charge in [-0.3, -0.25) is 4.79 Å². The number of thiophene rings is 1. The van der Waals surface area contributed by atoms with Crippen LogP contribution in [-0.2, 0) is 36.0 Å². The molecule has 198 valence electrons. The van der Waals surface area contributed by atoms with E-state index < -0.39 is 5.97 Å². The van der Waals surface area contributed by atoms with Crippen molar-refractivity contribution in [2.75, 3.05) is 18.2 Å². The first-order chi connectivity index (χ1) is 17.9. The van der Waals surface area contributed by atoms with Crippen LogP contribution in [0.5, 0.6) is 5.75 Å². The molecule has 0 radical (unpaired) electrons. The summed E-state index contributed by atoms with van der Waals surface area (Å²) in [7, 11) is 3.24. The van der Waals surface area contributed by atoms with Gasteiger partial charge in [-0.15, -0.1) is 21.5 Å². The zero-order valence-corrected chi connectivity index (χ0v) is 23.5. The molecule has 0 unspecified atom stereocenters. The molecule has 0 saturated carbocycles. The second-order valence-electron chi connectivity index (χ2n) is 9.42. The van der Waals surface area contributed by atoms with Gasteiger partial charge in [0.1, 0.15) is 17.4 Å². The van der Waals surface area contributed by atoms with Crippen LogP contribution in [-0.4, -0.2) is 39.5 Å². The zero-order valence-electron chi connectivity index (χ0n) is 21.8. The monoisotopic (exact) mass is 542 g/mol. The number of methoxy groups -OCH3 is 1. The highest BCUT2D eigenvalue weighted by molar-refractivity contribution is 7.99. The Morgan fingerprint density at radius 1 is 1.11 bits per heavy atom. The number of amides is 1. The maximum absolute atomic E-state index is 12.8. The third-order valence-corrected chi connectivity index (χ3v) is 8.71. The molecule has 1 aliphatic rings. The summed E-state index contributed by atoms with van der Waals surface area (Å²) >= 11 is 2.79. The van der Waals surface area contributed by atoms with Gasteiger partial charge in [0.2, 0.25) is 5.91 Å². The minimum Gasteiger partial charge on any atom is -0.486 e. The predicted molar refractivity (Wildman–Crippen MR) is 147 cm³/mol. The predicted octanol–water partition coefficient (Wildman–Crippen LogP) is 5.76. The van der Waals surface area contributed by atoms with Gasteiger partial charge in [0.15, 0.2) is 11.0 Å². The number of carbonyl (C=O) groups is 2. The Morgan fingerprint density at radius 3 is 2.54 bits per heavy atom. The van der Waals surface area contributed by atoms with Gasteiger partial charge in [-0.05, 0) is 54.9 Å². The molecule has 3 aromatic rings. The SMILES string of the molecule is COC(=O)c1c(NC(=O)CSc2nnc(COc3ccc(C(C)C)cc3)n2C)sc2c1CCCCCC2. The lowest BCUT2D eigenvalue weighted by atomic mass is 9.96. The Bertz CT molecular complexity index is 1230. The van der Waals surface area contributed by atoms with Gasteiger partial charge in [0.25, 0.3) is 0 Å². The molecule has 2 heterocycles. The summed E-state index contributed by atoms with van der Waals surface area (Å²) in [5.74, 6) is 1.46. The number of ether oxygens (including phenoxy) is 2. The molecule has 4 rings (SSSR count). The number of nitrogens with zero attached hydrogens (tertiary/aromatic N) is 3. The number of hydrogen-bond acceptors (Lipinski definition) is 8. The van der Waals surface area contributed by atoms with Crippen LogP contribution in [0.1, 0.15) is 77.6 Å². The number of esters is 1. The molecule has 0 spiro atoms. The van der Waals surface area contributed by atoms with Crippen molar-refractivity contribution in [3.8, 4) is 5.75 Å². The Hall–Kier alpha value is -2.85. The van der Waals surface area contributed by atoms with Crippen LogP contribution >= 0.6 is 23.1 Å². The van der Waals surface area contributed by atoms with E-state index in [2.05, 4.69) is 41.5 Å². The number of aromatic nitrogens is 3. The van der Waals surface area contributed by atoms with Crippen LogP contribution in [0, 0.1) is 0 Å². The molecule has 10 heteroatoms. The maximum Gasteiger partial charge on any atom is 0.341 e. The highest BCUT2D eigenvalue weighted by atomic mass is 32.2. The summed E-state index contributed by atoms with van der Waals surface area (Å²) in [6.45, 7) is 4.59. The molecule has 0 atom stereocenters. The van der Waals surface area contributed by atoms with Crippen LogP contribution < -0.4 is 10.1 Å². The number of thioether (sulfide) groups is 1. The quantitative estimate of drug-likeness (QED) is 0.271. The largest absolute Gasteiger partial charge is 0.486 e. The van der Waals surface area contributed by atoms with Crippen molar-refractivity contribution in [2.45, 2.75) is 70.1 Å². The number of fused-ring (bicyclic) bond motifs is 1. The fourth-order valence-electron chi connectivity index (χ4n) is 4.31. The molecule has 0 bridgehead atoms. The smallest absolute Gasteiger partial charge is 0.341 e. The summed E-state index contributed by atoms with van der Waals surface area (Å²) in [6.07, 6.45) is 6.26. The molecule has 2 aromatic heterocycles. The molecular formula is C27H34N4O4S2. The number of rotatable bonds is 9. The third-order valence-electron chi connectivity index (χ3n) is 6.49. The zero-order chi connectivity index (χ0) is 26.4. The van der Waals surface area contributed by atoms with Crippen molar-refractivity contribution < 1.29 is 19.1 Å². The molecule has 1 N–H and O–H groups in total. The molecule has 0 fully saturated rings. The third kappa shape index (κ3) is 6.73. The summed E-state index contributed by atoms with van der Waals surface area (Å²) in [6, 6.07) is 8.05. The van der Waals surface area contributed by atoms with E-state index in [1.807, 2.05) is 23.7 Å². The summed E-state index contributed by atoms with van der Waals surface area (Å²) in [4.78, 5) is 26.6. The van der Waals surface area contributed by atoms with E-state index in [1.165, 1.54) is 47.1 Å². The lowest BCUT2D eigenvalue weighted by Gasteiger charge is -2.11. The molecule has 8 nitrogen and oxygen atoms in total. The van der Waals surface area contributed by atoms with Crippen molar-refractivity contribution in [1.29, 1.82) is 0 Å². The van der Waals surface area contributed by atoms with Gasteiger partial charge >= 0.3 is 5.97 Å². The molecule has 37 heavy (non-hydrogen) atoms. The lowest BCUT2D eigenvalue weighted by Crippen LogP contribution is -2.16. The van der Waals surface area contributed by atoms with E-state index in [-0.39, 0.29) is 18.3 Å². The van der Waals surface area contributed by atoms with E-state index in [0.717, 1.165) is 43.4 Å². The standard InChI is InChI=1S/C27H34N4O4S2/c1-17(2)18-11-13-19(14-12-18)35-15-22-29-30-27(31(22)3)36-16-23(32)28-25-24(26(33)34-4)20-9-7-5-6-8-10-21(20)37-25/h11-14,17H,5-10,15-16H2,1-4H3,(H,28,32). The molecule has 0 saturated heterocycles.